The first-order valence-electron chi connectivity index (χ1n) is 7.59. The summed E-state index contributed by atoms with van der Waals surface area (Å²) in [6.07, 6.45) is 5.68. The van der Waals surface area contributed by atoms with Gasteiger partial charge in [-0.1, -0.05) is 6.42 Å². The molecular formula is C15H26N4O. The van der Waals surface area contributed by atoms with Gasteiger partial charge in [0.15, 0.2) is 0 Å². The van der Waals surface area contributed by atoms with Crippen molar-refractivity contribution >= 4 is 11.6 Å². The summed E-state index contributed by atoms with van der Waals surface area (Å²) in [5, 5.41) is 3.03. The lowest BCUT2D eigenvalue weighted by atomic mass is 10.1. The molecule has 0 aromatic carbocycles. The highest BCUT2D eigenvalue weighted by Crippen LogP contribution is 2.13. The lowest BCUT2D eigenvalue weighted by molar-refractivity contribution is 0.0921. The van der Waals surface area contributed by atoms with Crippen LogP contribution in [0.4, 0.5) is 5.69 Å². The third kappa shape index (κ3) is 3.54. The molecular weight excluding hydrogens is 252 g/mol. The molecule has 1 aromatic rings. The smallest absolute Gasteiger partial charge is 0.268 e. The van der Waals surface area contributed by atoms with Crippen molar-refractivity contribution in [3.05, 3.63) is 18.0 Å². The first kappa shape index (κ1) is 14.9. The first-order chi connectivity index (χ1) is 9.61. The van der Waals surface area contributed by atoms with Gasteiger partial charge in [-0.05, 0) is 45.8 Å². The number of carbonyl (C=O) groups excluding carboxylic acids is 1. The summed E-state index contributed by atoms with van der Waals surface area (Å²) in [7, 11) is 0. The maximum Gasteiger partial charge on any atom is 0.268 e. The number of anilines is 1. The van der Waals surface area contributed by atoms with Crippen LogP contribution in [0.2, 0.25) is 0 Å². The van der Waals surface area contributed by atoms with Crippen LogP contribution in [0.3, 0.4) is 0 Å². The molecule has 2 rings (SSSR count). The molecule has 0 saturated carbocycles. The lowest BCUT2D eigenvalue weighted by Gasteiger charge is -2.32. The minimum Gasteiger partial charge on any atom is -0.397 e. The maximum atomic E-state index is 12.2. The van der Waals surface area contributed by atoms with E-state index < -0.39 is 0 Å². The molecule has 1 atom stereocenters. The summed E-state index contributed by atoms with van der Waals surface area (Å²) < 4.78 is 1.89. The number of nitrogens with one attached hydrogen (secondary N) is 1. The molecule has 0 radical (unpaired) electrons. The molecule has 5 heteroatoms. The van der Waals surface area contributed by atoms with Crippen molar-refractivity contribution in [2.45, 2.75) is 45.7 Å². The van der Waals surface area contributed by atoms with Crippen LogP contribution < -0.4 is 11.1 Å². The Balaban J connectivity index is 1.87. The number of hydrogen-bond donors (Lipinski definition) is 2. The number of hydrogen-bond acceptors (Lipinski definition) is 3. The van der Waals surface area contributed by atoms with Crippen LogP contribution >= 0.6 is 0 Å². The number of nitrogens with two attached hydrogens (primary N) is 1. The average molecular weight is 278 g/mol. The van der Waals surface area contributed by atoms with Gasteiger partial charge in [0.1, 0.15) is 5.69 Å². The topological polar surface area (TPSA) is 63.3 Å². The zero-order valence-electron chi connectivity index (χ0n) is 12.6. The molecule has 2 heterocycles. The Kier molecular flexibility index (Phi) is 5.06. The molecule has 1 aliphatic heterocycles. The average Bonchev–Trinajstić information content (AvgIpc) is 2.86. The van der Waals surface area contributed by atoms with Crippen molar-refractivity contribution in [1.82, 2.24) is 14.8 Å². The first-order valence-corrected chi connectivity index (χ1v) is 7.59. The van der Waals surface area contributed by atoms with E-state index in [0.717, 1.165) is 19.6 Å². The number of nitrogens with zero attached hydrogens (tertiary/aromatic N) is 2. The summed E-state index contributed by atoms with van der Waals surface area (Å²) in [6.45, 7) is 7.92. The molecule has 5 nitrogen and oxygen atoms in total. The molecule has 1 saturated heterocycles. The van der Waals surface area contributed by atoms with E-state index in [-0.39, 0.29) is 5.91 Å². The lowest BCUT2D eigenvalue weighted by Crippen LogP contribution is -2.44. The van der Waals surface area contributed by atoms with Crippen molar-refractivity contribution in [3.63, 3.8) is 0 Å². The van der Waals surface area contributed by atoms with E-state index >= 15 is 0 Å². The molecule has 0 bridgehead atoms. The standard InChI is InChI=1S/C15H26N4O/c1-3-18-11-13(16)9-14(18)15(20)17-10-12(2)19-7-5-4-6-8-19/h9,11-12H,3-8,10,16H2,1-2H3,(H,17,20). The van der Waals surface area contributed by atoms with Crippen molar-refractivity contribution in [3.8, 4) is 0 Å². The second kappa shape index (κ2) is 6.79. The molecule has 0 aliphatic carbocycles. The fourth-order valence-electron chi connectivity index (χ4n) is 2.80. The highest BCUT2D eigenvalue weighted by atomic mass is 16.1. The molecule has 1 aromatic heterocycles. The number of aryl methyl sites for hydroxylation is 1. The minimum atomic E-state index is -0.0348. The number of carbonyl (C=O) groups is 1. The summed E-state index contributed by atoms with van der Waals surface area (Å²) in [6, 6.07) is 2.13. The van der Waals surface area contributed by atoms with Gasteiger partial charge in [-0.3, -0.25) is 9.69 Å². The molecule has 1 unspecified atom stereocenters. The third-order valence-corrected chi connectivity index (χ3v) is 4.06. The third-order valence-electron chi connectivity index (χ3n) is 4.06. The van der Waals surface area contributed by atoms with Gasteiger partial charge in [-0.2, -0.15) is 0 Å². The Morgan fingerprint density at radius 2 is 2.10 bits per heavy atom. The highest BCUT2D eigenvalue weighted by molar-refractivity contribution is 5.93. The Hall–Kier alpha value is -1.49. The van der Waals surface area contributed by atoms with Crippen LogP contribution in [-0.2, 0) is 6.54 Å². The normalized spacial score (nSPS) is 17.9. The number of nitrogen functional groups attached to an aromatic ring is 1. The summed E-state index contributed by atoms with van der Waals surface area (Å²) >= 11 is 0. The van der Waals surface area contributed by atoms with E-state index in [4.69, 9.17) is 5.73 Å². The maximum absolute atomic E-state index is 12.2. The van der Waals surface area contributed by atoms with Gasteiger partial charge >= 0.3 is 0 Å². The van der Waals surface area contributed by atoms with Gasteiger partial charge < -0.3 is 15.6 Å². The molecule has 1 aliphatic rings. The van der Waals surface area contributed by atoms with Crippen molar-refractivity contribution in [2.24, 2.45) is 0 Å². The fraction of sp³-hybridized carbons (Fsp3) is 0.667. The minimum absolute atomic E-state index is 0.0348. The zero-order valence-corrected chi connectivity index (χ0v) is 12.6. The number of likely N-dealkylation sites (tertiary alicyclic amines) is 1. The molecule has 3 N–H and O–H groups in total. The second-order valence-corrected chi connectivity index (χ2v) is 5.60. The predicted molar refractivity (Wildman–Crippen MR) is 81.7 cm³/mol. The van der Waals surface area contributed by atoms with Crippen molar-refractivity contribution in [2.75, 3.05) is 25.4 Å². The van der Waals surface area contributed by atoms with Gasteiger partial charge in [0.2, 0.25) is 0 Å². The Bertz CT molecular complexity index is 449. The fourth-order valence-corrected chi connectivity index (χ4v) is 2.80. The van der Waals surface area contributed by atoms with E-state index in [1.807, 2.05) is 17.7 Å². The van der Waals surface area contributed by atoms with Crippen LogP contribution in [0.5, 0.6) is 0 Å². The largest absolute Gasteiger partial charge is 0.397 e. The van der Waals surface area contributed by atoms with Crippen LogP contribution in [0.25, 0.3) is 0 Å². The molecule has 1 amide bonds. The zero-order chi connectivity index (χ0) is 14.5. The van der Waals surface area contributed by atoms with E-state index in [0.29, 0.717) is 24.0 Å². The SMILES string of the molecule is CCn1cc(N)cc1C(=O)NCC(C)N1CCCCC1. The van der Waals surface area contributed by atoms with Crippen molar-refractivity contribution < 1.29 is 4.79 Å². The number of piperidine rings is 1. The molecule has 20 heavy (non-hydrogen) atoms. The number of amides is 1. The van der Waals surface area contributed by atoms with Gasteiger partial charge in [-0.15, -0.1) is 0 Å². The van der Waals surface area contributed by atoms with E-state index in [2.05, 4.69) is 17.1 Å². The van der Waals surface area contributed by atoms with Gasteiger partial charge in [0.05, 0.1) is 5.69 Å². The Morgan fingerprint density at radius 3 is 2.75 bits per heavy atom. The summed E-state index contributed by atoms with van der Waals surface area (Å²) in [5.41, 5.74) is 7.05. The van der Waals surface area contributed by atoms with E-state index in [9.17, 15) is 4.79 Å². The van der Waals surface area contributed by atoms with Crippen LogP contribution in [0.15, 0.2) is 12.3 Å². The summed E-state index contributed by atoms with van der Waals surface area (Å²) in [4.78, 5) is 14.7. The van der Waals surface area contributed by atoms with Crippen LogP contribution in [-0.4, -0.2) is 41.1 Å². The Labute approximate surface area is 121 Å². The number of rotatable bonds is 5. The Morgan fingerprint density at radius 1 is 1.40 bits per heavy atom. The highest BCUT2D eigenvalue weighted by Gasteiger charge is 2.18. The van der Waals surface area contributed by atoms with Gasteiger partial charge in [-0.25, -0.2) is 0 Å². The van der Waals surface area contributed by atoms with Crippen molar-refractivity contribution in [1.29, 1.82) is 0 Å². The predicted octanol–water partition coefficient (Wildman–Crippen LogP) is 1.69. The van der Waals surface area contributed by atoms with E-state index in [1.165, 1.54) is 19.3 Å². The summed E-state index contributed by atoms with van der Waals surface area (Å²) in [5.74, 6) is -0.0348. The molecule has 0 spiro atoms. The quantitative estimate of drug-likeness (QED) is 0.861. The number of aromatic nitrogens is 1. The van der Waals surface area contributed by atoms with Crippen LogP contribution in [0.1, 0.15) is 43.6 Å². The van der Waals surface area contributed by atoms with Crippen LogP contribution in [0, 0.1) is 0 Å². The van der Waals surface area contributed by atoms with Gasteiger partial charge in [0.25, 0.3) is 5.91 Å². The van der Waals surface area contributed by atoms with Gasteiger partial charge in [0, 0.05) is 25.3 Å². The molecule has 1 fully saturated rings. The molecule has 112 valence electrons. The monoisotopic (exact) mass is 278 g/mol. The second-order valence-electron chi connectivity index (χ2n) is 5.60. The van der Waals surface area contributed by atoms with E-state index in [1.54, 1.807) is 6.07 Å².